The normalized spacial score (nSPS) is 9.93. The van der Waals surface area contributed by atoms with Crippen LogP contribution in [0.25, 0.3) is 0 Å². The van der Waals surface area contributed by atoms with Crippen molar-refractivity contribution in [2.45, 2.75) is 6.92 Å². The molecule has 0 aliphatic rings. The summed E-state index contributed by atoms with van der Waals surface area (Å²) in [5.41, 5.74) is 7.38. The van der Waals surface area contributed by atoms with Crippen LogP contribution in [0.3, 0.4) is 0 Å². The summed E-state index contributed by atoms with van der Waals surface area (Å²) in [6.45, 7) is 2.07. The van der Waals surface area contributed by atoms with Crippen LogP contribution >= 0.6 is 0 Å². The molecule has 0 fully saturated rings. The largest absolute Gasteiger partial charge is 0.493 e. The van der Waals surface area contributed by atoms with Crippen molar-refractivity contribution < 1.29 is 14.2 Å². The maximum atomic E-state index is 5.84. The van der Waals surface area contributed by atoms with Gasteiger partial charge in [0.05, 0.1) is 12.8 Å². The molecule has 1 aromatic rings. The number of methoxy groups -OCH3 is 2. The number of benzene rings is 1. The van der Waals surface area contributed by atoms with Crippen molar-refractivity contribution in [1.82, 2.24) is 0 Å². The van der Waals surface area contributed by atoms with Crippen LogP contribution in [-0.2, 0) is 4.74 Å². The molecule has 1 aromatic carbocycles. The molecule has 0 heterocycles. The molecule has 78 valence electrons. The van der Waals surface area contributed by atoms with Crippen molar-refractivity contribution in [3.63, 3.8) is 0 Å². The molecule has 1 rings (SSSR count). The molecule has 0 bridgehead atoms. The molecule has 0 radical (unpaired) electrons. The van der Waals surface area contributed by atoms with E-state index in [-0.39, 0.29) is 6.79 Å². The lowest BCUT2D eigenvalue weighted by molar-refractivity contribution is 0.0497. The van der Waals surface area contributed by atoms with Gasteiger partial charge in [0.2, 0.25) is 0 Å². The van der Waals surface area contributed by atoms with Gasteiger partial charge in [-0.1, -0.05) is 6.07 Å². The summed E-state index contributed by atoms with van der Waals surface area (Å²) in [4.78, 5) is 0. The van der Waals surface area contributed by atoms with Crippen molar-refractivity contribution in [2.75, 3.05) is 26.7 Å². The maximum Gasteiger partial charge on any atom is 0.189 e. The Balaban J connectivity index is 3.01. The second-order valence-corrected chi connectivity index (χ2v) is 2.88. The minimum absolute atomic E-state index is 0.157. The predicted molar refractivity (Wildman–Crippen MR) is 54.6 cm³/mol. The fraction of sp³-hybridized carbons (Fsp3) is 0.400. The number of nitrogens with two attached hydrogens (primary N) is 1. The highest BCUT2D eigenvalue weighted by Crippen LogP contribution is 2.35. The molecule has 0 amide bonds. The number of ether oxygens (including phenoxy) is 3. The van der Waals surface area contributed by atoms with E-state index in [2.05, 4.69) is 0 Å². The fourth-order valence-corrected chi connectivity index (χ4v) is 1.11. The van der Waals surface area contributed by atoms with Gasteiger partial charge in [0.1, 0.15) is 0 Å². The maximum absolute atomic E-state index is 5.84. The van der Waals surface area contributed by atoms with Crippen molar-refractivity contribution in [2.24, 2.45) is 0 Å². The Morgan fingerprint density at radius 3 is 2.57 bits per heavy atom. The van der Waals surface area contributed by atoms with E-state index in [1.807, 2.05) is 19.1 Å². The van der Waals surface area contributed by atoms with Crippen LogP contribution in [-0.4, -0.2) is 21.0 Å². The van der Waals surface area contributed by atoms with Gasteiger partial charge in [-0.05, 0) is 18.6 Å². The minimum Gasteiger partial charge on any atom is -0.493 e. The number of hydrogen-bond acceptors (Lipinski definition) is 4. The van der Waals surface area contributed by atoms with E-state index in [4.69, 9.17) is 19.9 Å². The Labute approximate surface area is 83.6 Å². The zero-order valence-corrected chi connectivity index (χ0v) is 8.66. The molecule has 0 saturated heterocycles. The Kier molecular flexibility index (Phi) is 3.59. The van der Waals surface area contributed by atoms with Gasteiger partial charge < -0.3 is 19.9 Å². The van der Waals surface area contributed by atoms with E-state index >= 15 is 0 Å². The summed E-state index contributed by atoms with van der Waals surface area (Å²) >= 11 is 0. The first-order chi connectivity index (χ1) is 6.70. The highest BCUT2D eigenvalue weighted by atomic mass is 16.7. The first kappa shape index (κ1) is 10.7. The third-order valence-corrected chi connectivity index (χ3v) is 1.92. The lowest BCUT2D eigenvalue weighted by atomic mass is 10.2. The summed E-state index contributed by atoms with van der Waals surface area (Å²) in [5, 5.41) is 0. The predicted octanol–water partition coefficient (Wildman–Crippen LogP) is 1.57. The third kappa shape index (κ3) is 2.09. The summed E-state index contributed by atoms with van der Waals surface area (Å²) in [5.74, 6) is 1.15. The highest BCUT2D eigenvalue weighted by molar-refractivity contribution is 5.64. The summed E-state index contributed by atoms with van der Waals surface area (Å²) < 4.78 is 15.2. The zero-order valence-electron chi connectivity index (χ0n) is 8.66. The first-order valence-electron chi connectivity index (χ1n) is 4.25. The van der Waals surface area contributed by atoms with Crippen LogP contribution in [0.15, 0.2) is 12.1 Å². The van der Waals surface area contributed by atoms with Crippen LogP contribution in [0.4, 0.5) is 5.69 Å². The van der Waals surface area contributed by atoms with E-state index in [0.29, 0.717) is 17.2 Å². The van der Waals surface area contributed by atoms with Gasteiger partial charge >= 0.3 is 0 Å². The van der Waals surface area contributed by atoms with Gasteiger partial charge in [0, 0.05) is 7.11 Å². The second-order valence-electron chi connectivity index (χ2n) is 2.88. The van der Waals surface area contributed by atoms with Crippen LogP contribution in [0, 0.1) is 6.92 Å². The molecule has 0 unspecified atom stereocenters. The molecule has 0 aliphatic heterocycles. The SMILES string of the molecule is COCOc1c(OC)ccc(C)c1N. The Bertz CT molecular complexity index is 312. The quantitative estimate of drug-likeness (QED) is 0.588. The van der Waals surface area contributed by atoms with E-state index in [1.165, 1.54) is 0 Å². The number of aryl methyl sites for hydroxylation is 1. The Morgan fingerprint density at radius 2 is 2.00 bits per heavy atom. The van der Waals surface area contributed by atoms with Gasteiger partial charge in [0.25, 0.3) is 0 Å². The lowest BCUT2D eigenvalue weighted by Gasteiger charge is -2.13. The molecule has 0 aliphatic carbocycles. The lowest BCUT2D eigenvalue weighted by Crippen LogP contribution is -2.04. The van der Waals surface area contributed by atoms with Crippen molar-refractivity contribution in [1.29, 1.82) is 0 Å². The molecule has 2 N–H and O–H groups in total. The highest BCUT2D eigenvalue weighted by Gasteiger charge is 2.10. The van der Waals surface area contributed by atoms with Crippen LogP contribution in [0.2, 0.25) is 0 Å². The molecule has 14 heavy (non-hydrogen) atoms. The molecule has 4 nitrogen and oxygen atoms in total. The smallest absolute Gasteiger partial charge is 0.189 e. The van der Waals surface area contributed by atoms with Crippen LogP contribution in [0.1, 0.15) is 5.56 Å². The van der Waals surface area contributed by atoms with Gasteiger partial charge in [-0.15, -0.1) is 0 Å². The van der Waals surface area contributed by atoms with Crippen LogP contribution in [0.5, 0.6) is 11.5 Å². The van der Waals surface area contributed by atoms with Crippen molar-refractivity contribution >= 4 is 5.69 Å². The number of rotatable bonds is 4. The minimum atomic E-state index is 0.157. The molecular weight excluding hydrogens is 182 g/mol. The van der Waals surface area contributed by atoms with Crippen molar-refractivity contribution in [3.8, 4) is 11.5 Å². The number of anilines is 1. The molecular formula is C10H15NO3. The number of hydrogen-bond donors (Lipinski definition) is 1. The average molecular weight is 197 g/mol. The Hall–Kier alpha value is -1.42. The summed E-state index contributed by atoms with van der Waals surface area (Å²) in [6.07, 6.45) is 0. The summed E-state index contributed by atoms with van der Waals surface area (Å²) in [6, 6.07) is 3.70. The third-order valence-electron chi connectivity index (χ3n) is 1.92. The Morgan fingerprint density at radius 1 is 1.29 bits per heavy atom. The van der Waals surface area contributed by atoms with Crippen LogP contribution < -0.4 is 15.2 Å². The van der Waals surface area contributed by atoms with E-state index in [9.17, 15) is 0 Å². The molecule has 0 saturated carbocycles. The van der Waals surface area contributed by atoms with Crippen molar-refractivity contribution in [3.05, 3.63) is 17.7 Å². The second kappa shape index (κ2) is 4.72. The fourth-order valence-electron chi connectivity index (χ4n) is 1.11. The number of nitrogen functional groups attached to an aromatic ring is 1. The molecule has 0 aromatic heterocycles. The summed E-state index contributed by atoms with van der Waals surface area (Å²) in [7, 11) is 3.13. The standard InChI is InChI=1S/C10H15NO3/c1-7-4-5-8(13-3)10(9(7)11)14-6-12-2/h4-5H,6,11H2,1-3H3. The van der Waals surface area contributed by atoms with E-state index < -0.39 is 0 Å². The van der Waals surface area contributed by atoms with Gasteiger partial charge in [-0.3, -0.25) is 0 Å². The van der Waals surface area contributed by atoms with E-state index in [0.717, 1.165) is 5.56 Å². The molecule has 0 atom stereocenters. The van der Waals surface area contributed by atoms with E-state index in [1.54, 1.807) is 14.2 Å². The zero-order chi connectivity index (χ0) is 10.6. The van der Waals surface area contributed by atoms with Gasteiger partial charge in [-0.2, -0.15) is 0 Å². The van der Waals surface area contributed by atoms with Gasteiger partial charge in [0.15, 0.2) is 18.3 Å². The molecule has 0 spiro atoms. The average Bonchev–Trinajstić information content (AvgIpc) is 2.20. The first-order valence-corrected chi connectivity index (χ1v) is 4.25. The monoisotopic (exact) mass is 197 g/mol. The topological polar surface area (TPSA) is 53.7 Å². The molecule has 4 heteroatoms. The van der Waals surface area contributed by atoms with Gasteiger partial charge in [-0.25, -0.2) is 0 Å².